The molecule has 1 radical (unpaired) electrons. The molecule has 0 aromatic heterocycles. The predicted octanol–water partition coefficient (Wildman–Crippen LogP) is 0.0161. The minimum atomic E-state index is 0.983. The van der Waals surface area contributed by atoms with Crippen LogP contribution in [0.3, 0.4) is 0 Å². The Kier molecular flexibility index (Phi) is 3.08. The summed E-state index contributed by atoms with van der Waals surface area (Å²) in [6.07, 6.45) is 0. The lowest BCUT2D eigenvalue weighted by Gasteiger charge is -2.06. The number of nitrogens with two attached hydrogens (primary N) is 1. The third-order valence-electron chi connectivity index (χ3n) is 0.753. The van der Waals surface area contributed by atoms with E-state index in [1.807, 2.05) is 18.9 Å². The molecule has 0 unspecified atom stereocenters. The van der Waals surface area contributed by atoms with E-state index in [4.69, 9.17) is 5.73 Å². The highest BCUT2D eigenvalue weighted by Crippen LogP contribution is 1.74. The van der Waals surface area contributed by atoms with E-state index in [-0.39, 0.29) is 0 Å². The Morgan fingerprint density at radius 1 is 1.83 bits per heavy atom. The molecule has 2 heteroatoms. The topological polar surface area (TPSA) is 29.3 Å². The molecule has 0 heterocycles. The Balaban J connectivity index is 2.75. The molecule has 0 aromatic rings. The van der Waals surface area contributed by atoms with Gasteiger partial charge in [0.2, 0.25) is 0 Å². The van der Waals surface area contributed by atoms with Crippen molar-refractivity contribution in [3.63, 3.8) is 0 Å². The molecule has 0 aromatic carbocycles. The van der Waals surface area contributed by atoms with Crippen LogP contribution in [0.5, 0.6) is 0 Å². The summed E-state index contributed by atoms with van der Waals surface area (Å²) in [4.78, 5) is 1.90. The summed E-state index contributed by atoms with van der Waals surface area (Å²) in [5.41, 5.74) is 5.08. The lowest BCUT2D eigenvalue weighted by molar-refractivity contribution is 0.428. The predicted molar refractivity (Wildman–Crippen MR) is 26.8 cm³/mol. The second kappa shape index (κ2) is 3.12. The van der Waals surface area contributed by atoms with Crippen molar-refractivity contribution >= 4 is 0 Å². The molecule has 0 aliphatic heterocycles. The van der Waals surface area contributed by atoms with Gasteiger partial charge in [0, 0.05) is 0 Å². The minimum Gasteiger partial charge on any atom is -0.313 e. The maximum Gasteiger partial charge on any atom is 0.0863 e. The normalized spacial score (nSPS) is 10.0. The summed E-state index contributed by atoms with van der Waals surface area (Å²) in [5, 5.41) is 0. The van der Waals surface area contributed by atoms with Gasteiger partial charge in [-0.15, -0.1) is 0 Å². The van der Waals surface area contributed by atoms with Gasteiger partial charge >= 0.3 is 0 Å². The van der Waals surface area contributed by atoms with E-state index < -0.39 is 0 Å². The molecule has 0 aliphatic carbocycles. The maximum absolute atomic E-state index is 5.08. The van der Waals surface area contributed by atoms with Crippen molar-refractivity contribution in [1.82, 2.24) is 4.90 Å². The fourth-order valence-corrected chi connectivity index (χ4v) is 0.105. The molecule has 0 spiro atoms. The standard InChI is InChI=1S/C4H11N2/c1-3-6(2)4-5/h4H,3,5H2,1-2H3. The van der Waals surface area contributed by atoms with E-state index >= 15 is 0 Å². The highest BCUT2D eigenvalue weighted by molar-refractivity contribution is 4.49. The quantitative estimate of drug-likeness (QED) is 0.514. The first-order valence-electron chi connectivity index (χ1n) is 2.06. The number of hydrogen-bond donors (Lipinski definition) is 1. The number of hydrogen-bond acceptors (Lipinski definition) is 2. The highest BCUT2D eigenvalue weighted by Gasteiger charge is 1.82. The Morgan fingerprint density at radius 2 is 2.33 bits per heavy atom. The lowest BCUT2D eigenvalue weighted by Crippen LogP contribution is -2.18. The summed E-state index contributed by atoms with van der Waals surface area (Å²) < 4.78 is 0. The van der Waals surface area contributed by atoms with Crippen LogP contribution >= 0.6 is 0 Å². The van der Waals surface area contributed by atoms with Crippen LogP contribution in [-0.4, -0.2) is 18.5 Å². The first kappa shape index (κ1) is 5.92. The maximum atomic E-state index is 5.08. The fraction of sp³-hybridized carbons (Fsp3) is 0.750. The zero-order valence-corrected chi connectivity index (χ0v) is 4.31. The van der Waals surface area contributed by atoms with Crippen LogP contribution < -0.4 is 5.73 Å². The van der Waals surface area contributed by atoms with Gasteiger partial charge in [-0.05, 0) is 13.6 Å². The molecule has 2 N–H and O–H groups in total. The van der Waals surface area contributed by atoms with Gasteiger partial charge in [0.1, 0.15) is 0 Å². The fourth-order valence-electron chi connectivity index (χ4n) is 0.105. The zero-order valence-electron chi connectivity index (χ0n) is 4.31. The van der Waals surface area contributed by atoms with Gasteiger partial charge in [0.05, 0.1) is 6.67 Å². The van der Waals surface area contributed by atoms with Crippen LogP contribution in [-0.2, 0) is 0 Å². The summed E-state index contributed by atoms with van der Waals surface area (Å²) >= 11 is 0. The van der Waals surface area contributed by atoms with Gasteiger partial charge in [-0.25, -0.2) is 0 Å². The van der Waals surface area contributed by atoms with Crippen molar-refractivity contribution in [2.45, 2.75) is 6.92 Å². The third-order valence-corrected chi connectivity index (χ3v) is 0.753. The molecular formula is C4H11N2. The highest BCUT2D eigenvalue weighted by atomic mass is 15.1. The van der Waals surface area contributed by atoms with Crippen LogP contribution in [0, 0.1) is 6.67 Å². The summed E-state index contributed by atoms with van der Waals surface area (Å²) in [6, 6.07) is 0. The molecule has 0 amide bonds. The molecular weight excluding hydrogens is 76.1 g/mol. The first-order chi connectivity index (χ1) is 2.81. The largest absolute Gasteiger partial charge is 0.313 e. The van der Waals surface area contributed by atoms with Gasteiger partial charge in [-0.2, -0.15) is 0 Å². The van der Waals surface area contributed by atoms with Crippen molar-refractivity contribution in [2.24, 2.45) is 5.73 Å². The van der Waals surface area contributed by atoms with Crippen molar-refractivity contribution in [3.8, 4) is 0 Å². The van der Waals surface area contributed by atoms with Crippen LogP contribution in [0.4, 0.5) is 0 Å². The molecule has 0 fully saturated rings. The molecule has 0 aliphatic rings. The van der Waals surface area contributed by atoms with Gasteiger partial charge in [-0.1, -0.05) is 6.92 Å². The Bertz CT molecular complexity index is 24.7. The molecule has 0 saturated heterocycles. The lowest BCUT2D eigenvalue weighted by atomic mass is 10.7. The molecule has 0 saturated carbocycles. The van der Waals surface area contributed by atoms with Crippen LogP contribution in [0.2, 0.25) is 0 Å². The van der Waals surface area contributed by atoms with E-state index in [1.54, 1.807) is 6.67 Å². The van der Waals surface area contributed by atoms with Gasteiger partial charge in [0.25, 0.3) is 0 Å². The van der Waals surface area contributed by atoms with Crippen molar-refractivity contribution in [3.05, 3.63) is 6.67 Å². The minimum absolute atomic E-state index is 0.983. The summed E-state index contributed by atoms with van der Waals surface area (Å²) in [7, 11) is 1.93. The molecule has 0 atom stereocenters. The van der Waals surface area contributed by atoms with Crippen molar-refractivity contribution < 1.29 is 0 Å². The molecule has 37 valence electrons. The van der Waals surface area contributed by atoms with Crippen LogP contribution in [0.25, 0.3) is 0 Å². The van der Waals surface area contributed by atoms with Crippen molar-refractivity contribution in [2.75, 3.05) is 13.6 Å². The molecule has 0 rings (SSSR count). The third kappa shape index (κ3) is 2.18. The van der Waals surface area contributed by atoms with E-state index in [9.17, 15) is 0 Å². The summed E-state index contributed by atoms with van der Waals surface area (Å²) in [6.45, 7) is 4.58. The Labute approximate surface area is 38.9 Å². The summed E-state index contributed by atoms with van der Waals surface area (Å²) in [5.74, 6) is 0. The smallest absolute Gasteiger partial charge is 0.0863 e. The Hall–Kier alpha value is -0.0800. The van der Waals surface area contributed by atoms with E-state index in [0.717, 1.165) is 6.54 Å². The second-order valence-electron chi connectivity index (χ2n) is 1.22. The molecule has 2 nitrogen and oxygen atoms in total. The van der Waals surface area contributed by atoms with E-state index in [1.165, 1.54) is 0 Å². The number of nitrogens with zero attached hydrogens (tertiary/aromatic N) is 1. The molecule has 6 heavy (non-hydrogen) atoms. The zero-order chi connectivity index (χ0) is 4.99. The number of rotatable bonds is 2. The first-order valence-corrected chi connectivity index (χ1v) is 2.06. The van der Waals surface area contributed by atoms with Crippen molar-refractivity contribution in [1.29, 1.82) is 0 Å². The Morgan fingerprint density at radius 3 is 2.33 bits per heavy atom. The monoisotopic (exact) mass is 87.1 g/mol. The van der Waals surface area contributed by atoms with Gasteiger partial charge < -0.3 is 5.73 Å². The van der Waals surface area contributed by atoms with Gasteiger partial charge in [0.15, 0.2) is 0 Å². The van der Waals surface area contributed by atoms with Crippen LogP contribution in [0.1, 0.15) is 6.92 Å². The molecule has 0 bridgehead atoms. The second-order valence-corrected chi connectivity index (χ2v) is 1.22. The van der Waals surface area contributed by atoms with Crippen LogP contribution in [0.15, 0.2) is 0 Å². The van der Waals surface area contributed by atoms with E-state index in [2.05, 4.69) is 0 Å². The van der Waals surface area contributed by atoms with Gasteiger partial charge in [-0.3, -0.25) is 4.90 Å². The van der Waals surface area contributed by atoms with E-state index in [0.29, 0.717) is 0 Å². The SMILES string of the molecule is CCN(C)[CH]N. The average Bonchev–Trinajstić information content (AvgIpc) is 1.65. The average molecular weight is 87.1 g/mol.